The number of amides is 1. The summed E-state index contributed by atoms with van der Waals surface area (Å²) in [7, 11) is 1.53. The molecule has 8 heteroatoms. The van der Waals surface area contributed by atoms with Crippen molar-refractivity contribution < 1.29 is 14.7 Å². The molecule has 106 valence electrons. The number of rotatable bonds is 5. The van der Waals surface area contributed by atoms with Crippen LogP contribution in [0.1, 0.15) is 27.8 Å². The van der Waals surface area contributed by atoms with E-state index in [1.165, 1.54) is 11.7 Å². The Hall–Kier alpha value is -2.64. The zero-order chi connectivity index (χ0) is 14.7. The van der Waals surface area contributed by atoms with Gasteiger partial charge in [0.15, 0.2) is 0 Å². The summed E-state index contributed by atoms with van der Waals surface area (Å²) < 4.78 is 2.94. The lowest BCUT2D eigenvalue weighted by Crippen LogP contribution is -2.37. The summed E-state index contributed by atoms with van der Waals surface area (Å²) in [5, 5.41) is 19.6. The third-order valence-electron chi connectivity index (χ3n) is 2.78. The number of aryl methyl sites for hydroxylation is 1. The molecule has 2 aromatic rings. The van der Waals surface area contributed by atoms with Gasteiger partial charge in [0.1, 0.15) is 11.3 Å². The molecular formula is C12H15N5O3. The summed E-state index contributed by atoms with van der Waals surface area (Å²) in [6.45, 7) is 2.31. The van der Waals surface area contributed by atoms with Crippen LogP contribution in [0.5, 0.6) is 0 Å². The fourth-order valence-corrected chi connectivity index (χ4v) is 1.89. The van der Waals surface area contributed by atoms with Crippen molar-refractivity contribution >= 4 is 11.9 Å². The van der Waals surface area contributed by atoms with Gasteiger partial charge in [0.2, 0.25) is 0 Å². The van der Waals surface area contributed by atoms with Gasteiger partial charge in [0, 0.05) is 25.5 Å². The van der Waals surface area contributed by atoms with E-state index in [4.69, 9.17) is 5.11 Å². The predicted octanol–water partition coefficient (Wildman–Crippen LogP) is 0.133. The Balaban J connectivity index is 2.08. The highest BCUT2D eigenvalue weighted by Gasteiger charge is 2.22. The topological polar surface area (TPSA) is 102 Å². The summed E-state index contributed by atoms with van der Waals surface area (Å²) in [4.78, 5) is 23.2. The molecule has 0 aliphatic rings. The molecule has 0 aliphatic carbocycles. The van der Waals surface area contributed by atoms with E-state index in [9.17, 15) is 9.59 Å². The molecule has 8 nitrogen and oxygen atoms in total. The minimum Gasteiger partial charge on any atom is -0.478 e. The Morgan fingerprint density at radius 2 is 2.20 bits per heavy atom. The van der Waals surface area contributed by atoms with Crippen LogP contribution in [0.2, 0.25) is 0 Å². The average molecular weight is 277 g/mol. The van der Waals surface area contributed by atoms with E-state index in [1.54, 1.807) is 23.1 Å². The summed E-state index contributed by atoms with van der Waals surface area (Å²) in [6, 6.07) is 1.59. The molecule has 0 aromatic carbocycles. The minimum absolute atomic E-state index is 0.0322. The van der Waals surface area contributed by atoms with Gasteiger partial charge in [-0.2, -0.15) is 10.2 Å². The highest BCUT2D eigenvalue weighted by Crippen LogP contribution is 2.08. The molecule has 1 atom stereocenters. The molecule has 1 amide bonds. The van der Waals surface area contributed by atoms with Crippen LogP contribution in [-0.4, -0.2) is 42.6 Å². The van der Waals surface area contributed by atoms with Gasteiger partial charge < -0.3 is 10.4 Å². The standard InChI is InChI=1S/C12H15N5O3/c1-8(7-17-5-3-4-13-17)15-11(18)10-9(12(19)20)6-14-16(10)2/h3-6,8H,7H2,1-2H3,(H,15,18)(H,19,20). The molecule has 0 saturated carbocycles. The van der Waals surface area contributed by atoms with Crippen LogP contribution < -0.4 is 5.32 Å². The third-order valence-corrected chi connectivity index (χ3v) is 2.78. The monoisotopic (exact) mass is 277 g/mol. The summed E-state index contributed by atoms with van der Waals surface area (Å²) in [5.74, 6) is -1.65. The molecule has 1 unspecified atom stereocenters. The maximum atomic E-state index is 12.1. The molecule has 2 rings (SSSR count). The van der Waals surface area contributed by atoms with Crippen LogP contribution in [0.3, 0.4) is 0 Å². The molecule has 2 N–H and O–H groups in total. The van der Waals surface area contributed by atoms with Crippen molar-refractivity contribution in [2.75, 3.05) is 0 Å². The number of aromatic nitrogens is 4. The fourth-order valence-electron chi connectivity index (χ4n) is 1.89. The molecule has 0 radical (unpaired) electrons. The van der Waals surface area contributed by atoms with Gasteiger partial charge in [-0.25, -0.2) is 4.79 Å². The van der Waals surface area contributed by atoms with E-state index >= 15 is 0 Å². The molecule has 2 heterocycles. The number of hydrogen-bond donors (Lipinski definition) is 2. The number of carbonyl (C=O) groups is 2. The third kappa shape index (κ3) is 2.85. The first-order valence-electron chi connectivity index (χ1n) is 6.02. The van der Waals surface area contributed by atoms with Gasteiger partial charge in [0.25, 0.3) is 5.91 Å². The van der Waals surface area contributed by atoms with Crippen LogP contribution in [0, 0.1) is 0 Å². The second-order valence-corrected chi connectivity index (χ2v) is 4.44. The highest BCUT2D eigenvalue weighted by atomic mass is 16.4. The summed E-state index contributed by atoms with van der Waals surface area (Å²) in [6.07, 6.45) is 4.60. The molecule has 0 bridgehead atoms. The summed E-state index contributed by atoms with van der Waals surface area (Å²) >= 11 is 0. The van der Waals surface area contributed by atoms with E-state index in [1.807, 2.05) is 6.92 Å². The van der Waals surface area contributed by atoms with Crippen LogP contribution >= 0.6 is 0 Å². The lowest BCUT2D eigenvalue weighted by molar-refractivity contribution is 0.0690. The largest absolute Gasteiger partial charge is 0.478 e. The number of hydrogen-bond acceptors (Lipinski definition) is 4. The number of carboxylic acid groups (broad SMARTS) is 1. The zero-order valence-electron chi connectivity index (χ0n) is 11.1. The SMILES string of the molecule is CC(Cn1cccn1)NC(=O)c1c(C(=O)O)cnn1C. The fraction of sp³-hybridized carbons (Fsp3) is 0.333. The van der Waals surface area contributed by atoms with Crippen molar-refractivity contribution in [2.24, 2.45) is 7.05 Å². The molecule has 0 saturated heterocycles. The first kappa shape index (κ1) is 13.8. The lowest BCUT2D eigenvalue weighted by atomic mass is 10.2. The lowest BCUT2D eigenvalue weighted by Gasteiger charge is -2.14. The van der Waals surface area contributed by atoms with E-state index in [0.717, 1.165) is 6.20 Å². The van der Waals surface area contributed by atoms with Gasteiger partial charge in [0.05, 0.1) is 12.7 Å². The maximum Gasteiger partial charge on any atom is 0.339 e. The first-order chi connectivity index (χ1) is 9.49. The molecule has 0 spiro atoms. The Bertz CT molecular complexity index is 617. The number of aromatic carboxylic acids is 1. The Labute approximate surface area is 115 Å². The van der Waals surface area contributed by atoms with Crippen molar-refractivity contribution in [1.82, 2.24) is 24.9 Å². The Morgan fingerprint density at radius 3 is 2.80 bits per heavy atom. The quantitative estimate of drug-likeness (QED) is 0.809. The Morgan fingerprint density at radius 1 is 1.45 bits per heavy atom. The number of nitrogens with one attached hydrogen (secondary N) is 1. The summed E-state index contributed by atoms with van der Waals surface area (Å²) in [5.41, 5.74) is -0.0823. The molecule has 2 aromatic heterocycles. The predicted molar refractivity (Wildman–Crippen MR) is 69.3 cm³/mol. The van der Waals surface area contributed by atoms with Gasteiger partial charge in [-0.3, -0.25) is 14.2 Å². The normalized spacial score (nSPS) is 12.1. The maximum absolute atomic E-state index is 12.1. The van der Waals surface area contributed by atoms with E-state index in [2.05, 4.69) is 15.5 Å². The molecule has 0 aliphatic heterocycles. The van der Waals surface area contributed by atoms with Gasteiger partial charge in [-0.1, -0.05) is 0 Å². The smallest absolute Gasteiger partial charge is 0.339 e. The molecule has 0 fully saturated rings. The minimum atomic E-state index is -1.18. The zero-order valence-corrected chi connectivity index (χ0v) is 11.1. The van der Waals surface area contributed by atoms with Gasteiger partial charge in [-0.05, 0) is 13.0 Å². The van der Waals surface area contributed by atoms with Crippen LogP contribution in [0.25, 0.3) is 0 Å². The van der Waals surface area contributed by atoms with Gasteiger partial charge >= 0.3 is 5.97 Å². The van der Waals surface area contributed by atoms with Crippen molar-refractivity contribution in [3.05, 3.63) is 35.9 Å². The van der Waals surface area contributed by atoms with Crippen LogP contribution in [0.15, 0.2) is 24.7 Å². The number of carbonyl (C=O) groups excluding carboxylic acids is 1. The molecule has 20 heavy (non-hydrogen) atoms. The van der Waals surface area contributed by atoms with E-state index in [0.29, 0.717) is 6.54 Å². The number of carboxylic acids is 1. The average Bonchev–Trinajstić information content (AvgIpc) is 2.97. The van der Waals surface area contributed by atoms with Crippen molar-refractivity contribution in [3.63, 3.8) is 0 Å². The Kier molecular flexibility index (Phi) is 3.83. The second kappa shape index (κ2) is 5.55. The van der Waals surface area contributed by atoms with E-state index in [-0.39, 0.29) is 17.3 Å². The van der Waals surface area contributed by atoms with Crippen molar-refractivity contribution in [3.8, 4) is 0 Å². The second-order valence-electron chi connectivity index (χ2n) is 4.44. The van der Waals surface area contributed by atoms with Crippen LogP contribution in [0.4, 0.5) is 0 Å². The van der Waals surface area contributed by atoms with Crippen molar-refractivity contribution in [1.29, 1.82) is 0 Å². The highest BCUT2D eigenvalue weighted by molar-refractivity contribution is 6.03. The van der Waals surface area contributed by atoms with E-state index < -0.39 is 11.9 Å². The number of nitrogens with zero attached hydrogens (tertiary/aromatic N) is 4. The first-order valence-corrected chi connectivity index (χ1v) is 6.02. The van der Waals surface area contributed by atoms with Crippen molar-refractivity contribution in [2.45, 2.75) is 19.5 Å². The molecular weight excluding hydrogens is 262 g/mol. The van der Waals surface area contributed by atoms with Gasteiger partial charge in [-0.15, -0.1) is 0 Å². The van der Waals surface area contributed by atoms with Crippen LogP contribution in [-0.2, 0) is 13.6 Å².